The Morgan fingerprint density at radius 3 is 2.52 bits per heavy atom. The van der Waals surface area contributed by atoms with Gasteiger partial charge in [0.25, 0.3) is 11.8 Å². The number of nitrogens with one attached hydrogen (secondary N) is 2. The highest BCUT2D eigenvalue weighted by Crippen LogP contribution is 2.40. The number of carbonyl (C=O) groups is 3. The van der Waals surface area contributed by atoms with E-state index in [4.69, 9.17) is 9.84 Å². The number of rotatable bonds is 10. The maximum atomic E-state index is 13.9. The van der Waals surface area contributed by atoms with Crippen molar-refractivity contribution >= 4 is 40.4 Å². The number of carboxylic acids is 1. The molecular formula is C38H39FN4O5. The molecule has 2 heterocycles. The molecule has 248 valence electrons. The number of carboxylic acid groups (broad SMARTS) is 1. The van der Waals surface area contributed by atoms with E-state index in [1.165, 1.54) is 24.8 Å². The smallest absolute Gasteiger partial charge is 0.328 e. The van der Waals surface area contributed by atoms with Gasteiger partial charge < -0.3 is 25.0 Å². The lowest BCUT2D eigenvalue weighted by molar-refractivity contribution is -0.131. The number of hydrogen-bond donors (Lipinski definition) is 3. The van der Waals surface area contributed by atoms with Crippen LogP contribution in [0.15, 0.2) is 73.0 Å². The number of aryl methyl sites for hydroxylation is 1. The fraction of sp³-hybridized carbons (Fsp3) is 0.316. The van der Waals surface area contributed by atoms with E-state index in [1.54, 1.807) is 30.3 Å². The zero-order valence-corrected chi connectivity index (χ0v) is 27.1. The van der Waals surface area contributed by atoms with Crippen molar-refractivity contribution in [2.75, 3.05) is 11.9 Å². The largest absolute Gasteiger partial charge is 0.493 e. The highest BCUT2D eigenvalue weighted by atomic mass is 19.1. The third-order valence-corrected chi connectivity index (χ3v) is 9.29. The molecule has 4 aromatic rings. The number of halogens is 1. The number of hydrogen-bond acceptors (Lipinski definition) is 5. The van der Waals surface area contributed by atoms with Crippen LogP contribution in [0.4, 0.5) is 10.1 Å². The Kier molecular flexibility index (Phi) is 9.43. The third-order valence-electron chi connectivity index (χ3n) is 9.29. The summed E-state index contributed by atoms with van der Waals surface area (Å²) >= 11 is 0. The lowest BCUT2D eigenvalue weighted by Crippen LogP contribution is -2.55. The van der Waals surface area contributed by atoms with Crippen LogP contribution < -0.4 is 15.4 Å². The molecule has 9 nitrogen and oxygen atoms in total. The van der Waals surface area contributed by atoms with Gasteiger partial charge in [0.05, 0.1) is 24.2 Å². The standard InChI is InChI=1S/C38H39FN4O5/c1-3-48-33-22-28(15-11-25(33)13-18-34(44)45)41-37(47)38(19-7-8-20-38)42-36(46)26-12-17-32-30(21-26)24(2)35(31-16-14-27(39)23-40-31)43(32)29-9-5-4-6-10-29/h7-8,11-18,21-23,29H,3-6,9-10,19-20H2,1-2H3,(H,41,47)(H,42,46)(H,44,45)/b18-13+. The summed E-state index contributed by atoms with van der Waals surface area (Å²) < 4.78 is 21.8. The van der Waals surface area contributed by atoms with Crippen LogP contribution in [0, 0.1) is 12.7 Å². The van der Waals surface area contributed by atoms with Crippen LogP contribution in [0.5, 0.6) is 5.75 Å². The molecule has 2 aromatic carbocycles. The molecule has 1 fully saturated rings. The maximum absolute atomic E-state index is 13.9. The van der Waals surface area contributed by atoms with Crippen LogP contribution in [0.3, 0.4) is 0 Å². The van der Waals surface area contributed by atoms with Crippen molar-refractivity contribution in [2.45, 2.75) is 70.4 Å². The van der Waals surface area contributed by atoms with E-state index >= 15 is 0 Å². The maximum Gasteiger partial charge on any atom is 0.328 e. The lowest BCUT2D eigenvalue weighted by Gasteiger charge is -2.29. The van der Waals surface area contributed by atoms with E-state index in [9.17, 15) is 18.8 Å². The summed E-state index contributed by atoms with van der Waals surface area (Å²) in [5.74, 6) is -1.79. The van der Waals surface area contributed by atoms with Crippen molar-refractivity contribution in [3.05, 3.63) is 95.5 Å². The zero-order chi connectivity index (χ0) is 33.8. The monoisotopic (exact) mass is 650 g/mol. The molecule has 48 heavy (non-hydrogen) atoms. The number of amides is 2. The molecule has 0 aliphatic heterocycles. The van der Waals surface area contributed by atoms with E-state index < -0.39 is 17.3 Å². The molecule has 0 spiro atoms. The van der Waals surface area contributed by atoms with Crippen molar-refractivity contribution in [3.8, 4) is 17.1 Å². The number of aliphatic carboxylic acids is 1. The fourth-order valence-corrected chi connectivity index (χ4v) is 6.89. The van der Waals surface area contributed by atoms with Gasteiger partial charge in [0, 0.05) is 45.9 Å². The Hall–Kier alpha value is -5.25. The molecule has 2 amide bonds. The summed E-state index contributed by atoms with van der Waals surface area (Å²) in [5, 5.41) is 15.9. The normalized spacial score (nSPS) is 16.0. The Bertz CT molecular complexity index is 1910. The second kappa shape index (κ2) is 13.9. The van der Waals surface area contributed by atoms with Gasteiger partial charge in [-0.1, -0.05) is 31.4 Å². The molecule has 0 atom stereocenters. The molecule has 2 aliphatic carbocycles. The van der Waals surface area contributed by atoms with E-state index in [0.717, 1.165) is 53.9 Å². The number of anilines is 1. The predicted molar refractivity (Wildman–Crippen MR) is 183 cm³/mol. The van der Waals surface area contributed by atoms with Crippen molar-refractivity contribution < 1.29 is 28.6 Å². The number of nitrogens with zero attached hydrogens (tertiary/aromatic N) is 2. The summed E-state index contributed by atoms with van der Waals surface area (Å²) in [4.78, 5) is 43.1. The number of ether oxygens (including phenoxy) is 1. The lowest BCUT2D eigenvalue weighted by atomic mass is 9.94. The first kappa shape index (κ1) is 32.7. The Morgan fingerprint density at radius 2 is 1.83 bits per heavy atom. The van der Waals surface area contributed by atoms with Gasteiger partial charge in [-0.15, -0.1) is 0 Å². The number of aromatic nitrogens is 2. The highest BCUT2D eigenvalue weighted by Gasteiger charge is 2.41. The first-order valence-electron chi connectivity index (χ1n) is 16.4. The van der Waals surface area contributed by atoms with Crippen molar-refractivity contribution in [1.82, 2.24) is 14.9 Å². The Morgan fingerprint density at radius 1 is 1.06 bits per heavy atom. The molecule has 0 saturated heterocycles. The summed E-state index contributed by atoms with van der Waals surface area (Å²) in [6, 6.07) is 14.0. The predicted octanol–water partition coefficient (Wildman–Crippen LogP) is 7.61. The van der Waals surface area contributed by atoms with Gasteiger partial charge in [0.2, 0.25) is 0 Å². The second-order valence-electron chi connectivity index (χ2n) is 12.5. The summed E-state index contributed by atoms with van der Waals surface area (Å²) in [6.07, 6.45) is 13.7. The molecular weight excluding hydrogens is 611 g/mol. The van der Waals surface area contributed by atoms with Crippen molar-refractivity contribution in [3.63, 3.8) is 0 Å². The van der Waals surface area contributed by atoms with E-state index in [0.29, 0.717) is 47.7 Å². The summed E-state index contributed by atoms with van der Waals surface area (Å²) in [7, 11) is 0. The molecule has 0 radical (unpaired) electrons. The van der Waals surface area contributed by atoms with E-state index in [-0.39, 0.29) is 17.9 Å². The Labute approximate surface area is 278 Å². The topological polar surface area (TPSA) is 123 Å². The molecule has 0 bridgehead atoms. The SMILES string of the molecule is CCOc1cc(NC(=O)C2(NC(=O)c3ccc4c(c3)c(C)c(-c3ccc(F)cn3)n4C3CCCCC3)CC=CC2)ccc1/C=C/C(=O)O. The third kappa shape index (κ3) is 6.60. The van der Waals surface area contributed by atoms with Crippen LogP contribution in [-0.2, 0) is 9.59 Å². The van der Waals surface area contributed by atoms with E-state index in [2.05, 4.69) is 20.2 Å². The van der Waals surface area contributed by atoms with Gasteiger partial charge >= 0.3 is 5.97 Å². The van der Waals surface area contributed by atoms with Crippen LogP contribution in [-0.4, -0.2) is 44.6 Å². The van der Waals surface area contributed by atoms with Crippen molar-refractivity contribution in [1.29, 1.82) is 0 Å². The van der Waals surface area contributed by atoms with Crippen LogP contribution >= 0.6 is 0 Å². The summed E-state index contributed by atoms with van der Waals surface area (Å²) in [5.41, 5.74) is 3.83. The molecule has 10 heteroatoms. The van der Waals surface area contributed by atoms with Gasteiger partial charge in [-0.05, 0) is 93.6 Å². The number of fused-ring (bicyclic) bond motifs is 1. The first-order valence-corrected chi connectivity index (χ1v) is 16.4. The van der Waals surface area contributed by atoms with Gasteiger partial charge in [-0.2, -0.15) is 0 Å². The average molecular weight is 651 g/mol. The number of carbonyl (C=O) groups excluding carboxylic acids is 2. The van der Waals surface area contributed by atoms with Crippen molar-refractivity contribution in [2.24, 2.45) is 0 Å². The van der Waals surface area contributed by atoms with Gasteiger partial charge in [0.1, 0.15) is 17.1 Å². The minimum Gasteiger partial charge on any atom is -0.493 e. The van der Waals surface area contributed by atoms with Gasteiger partial charge in [-0.3, -0.25) is 14.6 Å². The van der Waals surface area contributed by atoms with Gasteiger partial charge in [0.15, 0.2) is 0 Å². The van der Waals surface area contributed by atoms with Crippen LogP contribution in [0.25, 0.3) is 28.4 Å². The molecule has 3 N–H and O–H groups in total. The quantitative estimate of drug-likeness (QED) is 0.120. The molecule has 6 rings (SSSR count). The molecule has 2 aromatic heterocycles. The minimum absolute atomic E-state index is 0.276. The van der Waals surface area contributed by atoms with Gasteiger partial charge in [-0.25, -0.2) is 9.18 Å². The number of benzene rings is 2. The second-order valence-corrected chi connectivity index (χ2v) is 12.5. The molecule has 1 saturated carbocycles. The fourth-order valence-electron chi connectivity index (χ4n) is 6.89. The molecule has 0 unspecified atom stereocenters. The Balaban J connectivity index is 1.29. The van der Waals surface area contributed by atoms with Crippen LogP contribution in [0.1, 0.15) is 79.4 Å². The summed E-state index contributed by atoms with van der Waals surface area (Å²) in [6.45, 7) is 4.18. The first-order chi connectivity index (χ1) is 23.2. The van der Waals surface area contributed by atoms with Crippen LogP contribution in [0.2, 0.25) is 0 Å². The minimum atomic E-state index is -1.20. The average Bonchev–Trinajstić information content (AvgIpc) is 3.68. The number of pyridine rings is 1. The highest BCUT2D eigenvalue weighted by molar-refractivity contribution is 6.06. The van der Waals surface area contributed by atoms with E-state index in [1.807, 2.05) is 38.1 Å². The zero-order valence-electron chi connectivity index (χ0n) is 27.1. The molecule has 2 aliphatic rings.